The molecular weight excluding hydrogens is 440 g/mol. The van der Waals surface area contributed by atoms with Gasteiger partial charge in [0.2, 0.25) is 5.91 Å². The molecular formula is C28H30N4O3. The summed E-state index contributed by atoms with van der Waals surface area (Å²) in [4.78, 5) is 15.1. The van der Waals surface area contributed by atoms with Crippen LogP contribution in [0, 0.1) is 6.92 Å². The van der Waals surface area contributed by atoms with Crippen molar-refractivity contribution in [2.45, 2.75) is 32.9 Å². The quantitative estimate of drug-likeness (QED) is 0.450. The number of fused-ring (bicyclic) bond motifs is 4. The number of ether oxygens (including phenoxy) is 2. The molecule has 180 valence electrons. The Hall–Kier alpha value is -3.71. The van der Waals surface area contributed by atoms with Gasteiger partial charge in [-0.25, -0.2) is 4.68 Å². The Morgan fingerprint density at radius 3 is 2.80 bits per heavy atom. The minimum atomic E-state index is 0.0721. The number of rotatable bonds is 3. The van der Waals surface area contributed by atoms with Crippen LogP contribution in [-0.2, 0) is 29.0 Å². The normalized spacial score (nSPS) is 14.7. The summed E-state index contributed by atoms with van der Waals surface area (Å²) in [6, 6.07) is 22.5. The van der Waals surface area contributed by atoms with E-state index >= 15 is 0 Å². The van der Waals surface area contributed by atoms with Crippen molar-refractivity contribution in [3.05, 3.63) is 89.0 Å². The highest BCUT2D eigenvalue weighted by Gasteiger charge is 2.16. The number of aryl methyl sites for hydroxylation is 2. The highest BCUT2D eigenvalue weighted by molar-refractivity contribution is 5.77. The number of hydrogen-bond acceptors (Lipinski definition) is 5. The van der Waals surface area contributed by atoms with E-state index in [0.29, 0.717) is 45.9 Å². The Labute approximate surface area is 205 Å². The fraction of sp³-hybridized carbons (Fsp3) is 0.321. The topological polar surface area (TPSA) is 69.5 Å². The fourth-order valence-corrected chi connectivity index (χ4v) is 4.49. The largest absolute Gasteiger partial charge is 0.491 e. The number of carbonyl (C=O) groups excluding carboxylic acids is 1. The number of nitrogens with zero attached hydrogens (tertiary/aromatic N) is 4. The second-order valence-electron chi connectivity index (χ2n) is 8.94. The van der Waals surface area contributed by atoms with Gasteiger partial charge in [0.05, 0.1) is 25.3 Å². The summed E-state index contributed by atoms with van der Waals surface area (Å²) in [5.74, 6) is 0.974. The summed E-state index contributed by atoms with van der Waals surface area (Å²) in [6.45, 7) is 5.07. The molecule has 1 aromatic heterocycles. The number of para-hydroxylation sites is 1. The second-order valence-corrected chi connectivity index (χ2v) is 8.94. The molecule has 0 spiro atoms. The van der Waals surface area contributed by atoms with Crippen molar-refractivity contribution < 1.29 is 14.3 Å². The maximum atomic E-state index is 13.2. The van der Waals surface area contributed by atoms with Crippen LogP contribution in [0.3, 0.4) is 0 Å². The minimum absolute atomic E-state index is 0.0721. The molecule has 2 bridgehead atoms. The Kier molecular flexibility index (Phi) is 7.04. The number of hydrogen-bond donors (Lipinski definition) is 0. The first kappa shape index (κ1) is 23.1. The van der Waals surface area contributed by atoms with Gasteiger partial charge in [-0.3, -0.25) is 4.79 Å². The van der Waals surface area contributed by atoms with E-state index in [1.165, 1.54) is 11.1 Å². The smallest absolute Gasteiger partial charge is 0.224 e. The lowest BCUT2D eigenvalue weighted by atomic mass is 10.00. The summed E-state index contributed by atoms with van der Waals surface area (Å²) >= 11 is 0. The molecule has 0 saturated carbocycles. The van der Waals surface area contributed by atoms with Crippen LogP contribution in [0.2, 0.25) is 0 Å². The van der Waals surface area contributed by atoms with Gasteiger partial charge in [-0.15, -0.1) is 5.10 Å². The van der Waals surface area contributed by atoms with Crippen molar-refractivity contribution in [2.75, 3.05) is 26.4 Å². The summed E-state index contributed by atoms with van der Waals surface area (Å²) < 4.78 is 13.6. The van der Waals surface area contributed by atoms with E-state index in [1.54, 1.807) is 4.68 Å². The van der Waals surface area contributed by atoms with Crippen LogP contribution in [0.5, 0.6) is 5.75 Å². The molecule has 0 atom stereocenters. The lowest BCUT2D eigenvalue weighted by molar-refractivity contribution is -0.133. The Balaban J connectivity index is 1.33. The first-order valence-electron chi connectivity index (χ1n) is 12.1. The van der Waals surface area contributed by atoms with E-state index in [2.05, 4.69) is 53.6 Å². The zero-order valence-corrected chi connectivity index (χ0v) is 20.0. The Bertz CT molecular complexity index is 1320. The zero-order chi connectivity index (χ0) is 24.0. The van der Waals surface area contributed by atoms with Gasteiger partial charge in [0, 0.05) is 25.9 Å². The molecule has 1 amide bonds. The molecule has 7 heteroatoms. The molecule has 0 saturated heterocycles. The lowest BCUT2D eigenvalue weighted by Crippen LogP contribution is -2.34. The van der Waals surface area contributed by atoms with Crippen LogP contribution >= 0.6 is 0 Å². The van der Waals surface area contributed by atoms with Gasteiger partial charge in [-0.05, 0) is 41.8 Å². The van der Waals surface area contributed by atoms with Crippen molar-refractivity contribution in [1.29, 1.82) is 0 Å². The van der Waals surface area contributed by atoms with Gasteiger partial charge in [-0.2, -0.15) is 0 Å². The van der Waals surface area contributed by atoms with Crippen molar-refractivity contribution in [3.8, 4) is 5.75 Å². The standard InChI is InChI=1S/C28H30N4O3/c1-21-9-10-27-24(17-21)19-22-5-4-6-23(18-22)20-31(13-14-34-15-16-35-27)28(33)11-12-32-26-8-3-2-7-25(26)29-30-32/h2-10,17-18H,11-16,19-20H2,1H3. The van der Waals surface area contributed by atoms with Crippen LogP contribution in [0.15, 0.2) is 66.7 Å². The van der Waals surface area contributed by atoms with Crippen molar-refractivity contribution >= 4 is 16.9 Å². The van der Waals surface area contributed by atoms with E-state index < -0.39 is 0 Å². The maximum Gasteiger partial charge on any atom is 0.224 e. The molecule has 35 heavy (non-hydrogen) atoms. The second kappa shape index (κ2) is 10.7. The van der Waals surface area contributed by atoms with Crippen LogP contribution in [0.1, 0.15) is 28.7 Å². The molecule has 4 aromatic rings. The van der Waals surface area contributed by atoms with E-state index in [9.17, 15) is 4.79 Å². The van der Waals surface area contributed by atoms with Gasteiger partial charge in [0.25, 0.3) is 0 Å². The zero-order valence-electron chi connectivity index (χ0n) is 20.0. The highest BCUT2D eigenvalue weighted by atomic mass is 16.5. The van der Waals surface area contributed by atoms with Crippen LogP contribution in [0.25, 0.3) is 11.0 Å². The number of benzene rings is 3. The van der Waals surface area contributed by atoms with Gasteiger partial charge < -0.3 is 14.4 Å². The first-order chi connectivity index (χ1) is 17.2. The third-order valence-corrected chi connectivity index (χ3v) is 6.28. The van der Waals surface area contributed by atoms with Crippen molar-refractivity contribution in [2.24, 2.45) is 0 Å². The molecule has 5 rings (SSSR count). The molecule has 1 aliphatic rings. The first-order valence-corrected chi connectivity index (χ1v) is 12.1. The third-order valence-electron chi connectivity index (χ3n) is 6.28. The predicted molar refractivity (Wildman–Crippen MR) is 134 cm³/mol. The van der Waals surface area contributed by atoms with Crippen LogP contribution < -0.4 is 4.74 Å². The summed E-state index contributed by atoms with van der Waals surface area (Å²) in [5, 5.41) is 8.41. The highest BCUT2D eigenvalue weighted by Crippen LogP contribution is 2.24. The van der Waals surface area contributed by atoms with Crippen LogP contribution in [-0.4, -0.2) is 52.2 Å². The molecule has 2 heterocycles. The molecule has 3 aromatic carbocycles. The average Bonchev–Trinajstić information content (AvgIpc) is 3.28. The Morgan fingerprint density at radius 1 is 0.971 bits per heavy atom. The van der Waals surface area contributed by atoms with Crippen LogP contribution in [0.4, 0.5) is 0 Å². The number of aromatic nitrogens is 3. The Morgan fingerprint density at radius 2 is 1.86 bits per heavy atom. The van der Waals surface area contributed by atoms with Crippen molar-refractivity contribution in [1.82, 2.24) is 19.9 Å². The van der Waals surface area contributed by atoms with E-state index in [1.807, 2.05) is 35.2 Å². The van der Waals surface area contributed by atoms with Crippen molar-refractivity contribution in [3.63, 3.8) is 0 Å². The average molecular weight is 471 g/mol. The van der Waals surface area contributed by atoms with Gasteiger partial charge in [0.1, 0.15) is 17.9 Å². The predicted octanol–water partition coefficient (Wildman–Crippen LogP) is 4.16. The van der Waals surface area contributed by atoms with Gasteiger partial charge in [0.15, 0.2) is 0 Å². The summed E-state index contributed by atoms with van der Waals surface area (Å²) in [5.41, 5.74) is 6.45. The SMILES string of the molecule is Cc1ccc2c(c1)Cc1cccc(c1)CN(C(=O)CCn1nnc3ccccc31)CCOCCO2. The lowest BCUT2D eigenvalue weighted by Gasteiger charge is -2.24. The molecule has 0 aliphatic carbocycles. The number of carbonyl (C=O) groups is 1. The molecule has 0 fully saturated rings. The summed E-state index contributed by atoms with van der Waals surface area (Å²) in [6.07, 6.45) is 1.13. The molecule has 0 N–H and O–H groups in total. The van der Waals surface area contributed by atoms with E-state index in [4.69, 9.17) is 9.47 Å². The molecule has 0 radical (unpaired) electrons. The van der Waals surface area contributed by atoms with E-state index in [-0.39, 0.29) is 5.91 Å². The number of amides is 1. The van der Waals surface area contributed by atoms with E-state index in [0.717, 1.165) is 34.3 Å². The molecule has 0 unspecified atom stereocenters. The third kappa shape index (κ3) is 5.69. The van der Waals surface area contributed by atoms with Gasteiger partial charge in [-0.1, -0.05) is 59.3 Å². The molecule has 1 aliphatic heterocycles. The maximum absolute atomic E-state index is 13.2. The van der Waals surface area contributed by atoms with Gasteiger partial charge >= 0.3 is 0 Å². The fourth-order valence-electron chi connectivity index (χ4n) is 4.49. The summed E-state index contributed by atoms with van der Waals surface area (Å²) in [7, 11) is 0. The monoisotopic (exact) mass is 470 g/mol. The molecule has 7 nitrogen and oxygen atoms in total. The minimum Gasteiger partial charge on any atom is -0.491 e.